The number of carbonyl (C=O) groups is 1. The molecule has 3 saturated carbocycles. The summed E-state index contributed by atoms with van der Waals surface area (Å²) < 4.78 is 11.7. The summed E-state index contributed by atoms with van der Waals surface area (Å²) in [5.41, 5.74) is 0.0124. The number of carbonyl (C=O) groups excluding carboxylic acids is 1. The summed E-state index contributed by atoms with van der Waals surface area (Å²) in [6.07, 6.45) is 7.68. The van der Waals surface area contributed by atoms with Crippen LogP contribution in [0.25, 0.3) is 0 Å². The zero-order chi connectivity index (χ0) is 14.9. The molecule has 0 N–H and O–H groups in total. The van der Waals surface area contributed by atoms with Crippen LogP contribution in [0.4, 0.5) is 0 Å². The lowest BCUT2D eigenvalue weighted by atomic mass is 9.54. The molecule has 114 valence electrons. The first-order valence-corrected chi connectivity index (χ1v) is 8.20. The van der Waals surface area contributed by atoms with E-state index in [4.69, 9.17) is 9.47 Å². The number of rotatable bonds is 4. The molecule has 0 spiro atoms. The van der Waals surface area contributed by atoms with E-state index in [-0.39, 0.29) is 16.8 Å². The smallest absolute Gasteiger partial charge is 0.311 e. The standard InChI is InChI=1S/C16H20BrNO3/c1-20-14(19)16-7-4-15(5-8-16,6-9-16)11-21-12-2-3-13(17)18-10-12/h2-3,10H,4-9,11H2,1H3. The summed E-state index contributed by atoms with van der Waals surface area (Å²) in [6.45, 7) is 0.716. The van der Waals surface area contributed by atoms with E-state index < -0.39 is 0 Å². The van der Waals surface area contributed by atoms with Gasteiger partial charge in [-0.15, -0.1) is 0 Å². The molecule has 5 heteroatoms. The Kier molecular flexibility index (Phi) is 3.95. The number of methoxy groups -OCH3 is 1. The fourth-order valence-electron chi connectivity index (χ4n) is 3.69. The Bertz CT molecular complexity index is 504. The van der Waals surface area contributed by atoms with Crippen molar-refractivity contribution in [1.29, 1.82) is 0 Å². The summed E-state index contributed by atoms with van der Waals surface area (Å²) in [5.74, 6) is 0.789. The molecule has 3 fully saturated rings. The Morgan fingerprint density at radius 3 is 2.43 bits per heavy atom. The van der Waals surface area contributed by atoms with E-state index in [1.165, 1.54) is 7.11 Å². The minimum Gasteiger partial charge on any atom is -0.491 e. The first-order chi connectivity index (χ1) is 10.1. The predicted molar refractivity (Wildman–Crippen MR) is 82.0 cm³/mol. The zero-order valence-electron chi connectivity index (χ0n) is 12.2. The number of aromatic nitrogens is 1. The average Bonchev–Trinajstić information content (AvgIpc) is 2.55. The van der Waals surface area contributed by atoms with Gasteiger partial charge >= 0.3 is 5.97 Å². The third-order valence-electron chi connectivity index (χ3n) is 5.27. The first-order valence-electron chi connectivity index (χ1n) is 7.40. The van der Waals surface area contributed by atoms with E-state index >= 15 is 0 Å². The molecule has 1 aromatic heterocycles. The molecule has 1 aromatic rings. The largest absolute Gasteiger partial charge is 0.491 e. The summed E-state index contributed by atoms with van der Waals surface area (Å²) >= 11 is 3.32. The minimum atomic E-state index is -0.213. The number of nitrogens with zero attached hydrogens (tertiary/aromatic N) is 1. The molecule has 0 amide bonds. The first kappa shape index (κ1) is 14.8. The maximum Gasteiger partial charge on any atom is 0.311 e. The van der Waals surface area contributed by atoms with Crippen molar-refractivity contribution < 1.29 is 14.3 Å². The van der Waals surface area contributed by atoms with E-state index in [1.807, 2.05) is 12.1 Å². The normalized spacial score (nSPS) is 31.0. The van der Waals surface area contributed by atoms with Gasteiger partial charge in [-0.05, 0) is 66.6 Å². The van der Waals surface area contributed by atoms with Crippen LogP contribution in [0.2, 0.25) is 0 Å². The number of ether oxygens (including phenoxy) is 2. The van der Waals surface area contributed by atoms with Gasteiger partial charge in [-0.2, -0.15) is 0 Å². The fraction of sp³-hybridized carbons (Fsp3) is 0.625. The van der Waals surface area contributed by atoms with Gasteiger partial charge in [0.15, 0.2) is 0 Å². The fourth-order valence-corrected chi connectivity index (χ4v) is 3.92. The molecule has 2 bridgehead atoms. The third-order valence-corrected chi connectivity index (χ3v) is 5.73. The van der Waals surface area contributed by atoms with Gasteiger partial charge in [-0.1, -0.05) is 0 Å². The Morgan fingerprint density at radius 1 is 1.24 bits per heavy atom. The molecule has 0 saturated heterocycles. The maximum atomic E-state index is 12.0. The van der Waals surface area contributed by atoms with Gasteiger partial charge in [-0.25, -0.2) is 4.98 Å². The van der Waals surface area contributed by atoms with Crippen LogP contribution in [0.3, 0.4) is 0 Å². The van der Waals surface area contributed by atoms with Crippen molar-refractivity contribution in [2.45, 2.75) is 38.5 Å². The Hall–Kier alpha value is -1.10. The topological polar surface area (TPSA) is 48.4 Å². The number of pyridine rings is 1. The van der Waals surface area contributed by atoms with Gasteiger partial charge in [0.25, 0.3) is 0 Å². The van der Waals surface area contributed by atoms with Crippen LogP contribution in [-0.2, 0) is 9.53 Å². The average molecular weight is 354 g/mol. The quantitative estimate of drug-likeness (QED) is 0.611. The summed E-state index contributed by atoms with van der Waals surface area (Å²) in [6, 6.07) is 3.81. The van der Waals surface area contributed by atoms with Crippen LogP contribution >= 0.6 is 15.9 Å². The highest BCUT2D eigenvalue weighted by Gasteiger charge is 2.53. The molecule has 0 aromatic carbocycles. The second kappa shape index (κ2) is 5.59. The number of halogens is 1. The van der Waals surface area contributed by atoms with E-state index in [1.54, 1.807) is 6.20 Å². The van der Waals surface area contributed by atoms with Crippen molar-refractivity contribution in [1.82, 2.24) is 4.98 Å². The van der Waals surface area contributed by atoms with Crippen LogP contribution < -0.4 is 4.74 Å². The van der Waals surface area contributed by atoms with Gasteiger partial charge in [0.2, 0.25) is 0 Å². The van der Waals surface area contributed by atoms with E-state index in [0.717, 1.165) is 48.9 Å². The molecule has 4 nitrogen and oxygen atoms in total. The summed E-state index contributed by atoms with van der Waals surface area (Å²) in [4.78, 5) is 16.2. The van der Waals surface area contributed by atoms with Crippen molar-refractivity contribution in [2.75, 3.05) is 13.7 Å². The van der Waals surface area contributed by atoms with Crippen LogP contribution in [0.5, 0.6) is 5.75 Å². The zero-order valence-corrected chi connectivity index (χ0v) is 13.8. The van der Waals surface area contributed by atoms with Gasteiger partial charge in [-0.3, -0.25) is 4.79 Å². The Balaban J connectivity index is 1.61. The number of fused-ring (bicyclic) bond motifs is 3. The summed E-state index contributed by atoms with van der Waals surface area (Å²) in [5, 5.41) is 0. The van der Waals surface area contributed by atoms with Crippen molar-refractivity contribution >= 4 is 21.9 Å². The highest BCUT2D eigenvalue weighted by molar-refractivity contribution is 9.10. The van der Waals surface area contributed by atoms with Crippen molar-refractivity contribution in [3.8, 4) is 5.75 Å². The lowest BCUT2D eigenvalue weighted by molar-refractivity contribution is -0.163. The molecule has 1 heterocycles. The van der Waals surface area contributed by atoms with Gasteiger partial charge < -0.3 is 9.47 Å². The van der Waals surface area contributed by atoms with Crippen molar-refractivity contribution in [3.63, 3.8) is 0 Å². The molecule has 4 rings (SSSR count). The van der Waals surface area contributed by atoms with Gasteiger partial charge in [0, 0.05) is 5.41 Å². The minimum absolute atomic E-state index is 0.0196. The second-order valence-corrected chi connectivity index (χ2v) is 7.19. The predicted octanol–water partition coefficient (Wildman–Crippen LogP) is 3.74. The van der Waals surface area contributed by atoms with Crippen molar-refractivity contribution in [3.05, 3.63) is 22.9 Å². The van der Waals surface area contributed by atoms with E-state index in [9.17, 15) is 4.79 Å². The summed E-state index contributed by atoms with van der Waals surface area (Å²) in [7, 11) is 1.50. The van der Waals surface area contributed by atoms with Gasteiger partial charge in [0.05, 0.1) is 25.3 Å². The van der Waals surface area contributed by atoms with Crippen LogP contribution in [0.1, 0.15) is 38.5 Å². The Morgan fingerprint density at radius 2 is 1.90 bits per heavy atom. The molecule has 3 aliphatic rings. The molecular weight excluding hydrogens is 334 g/mol. The third kappa shape index (κ3) is 2.80. The maximum absolute atomic E-state index is 12.0. The number of hydrogen-bond donors (Lipinski definition) is 0. The second-order valence-electron chi connectivity index (χ2n) is 6.38. The molecule has 3 aliphatic carbocycles. The molecule has 0 aliphatic heterocycles. The lowest BCUT2D eigenvalue weighted by Gasteiger charge is -2.51. The monoisotopic (exact) mass is 353 g/mol. The molecule has 0 atom stereocenters. The highest BCUT2D eigenvalue weighted by atomic mass is 79.9. The van der Waals surface area contributed by atoms with Crippen LogP contribution in [-0.4, -0.2) is 24.7 Å². The highest BCUT2D eigenvalue weighted by Crippen LogP contribution is 2.57. The molecule has 21 heavy (non-hydrogen) atoms. The van der Waals surface area contributed by atoms with E-state index in [0.29, 0.717) is 6.61 Å². The van der Waals surface area contributed by atoms with Crippen molar-refractivity contribution in [2.24, 2.45) is 10.8 Å². The van der Waals surface area contributed by atoms with Crippen LogP contribution in [0.15, 0.2) is 22.9 Å². The number of hydrogen-bond acceptors (Lipinski definition) is 4. The molecule has 0 radical (unpaired) electrons. The van der Waals surface area contributed by atoms with E-state index in [2.05, 4.69) is 20.9 Å². The molecular formula is C16H20BrNO3. The number of esters is 1. The molecule has 0 unspecified atom stereocenters. The lowest BCUT2D eigenvalue weighted by Crippen LogP contribution is -2.48. The SMILES string of the molecule is COC(=O)C12CCC(COc3ccc(Br)nc3)(CC1)CC2. The van der Waals surface area contributed by atoms with Gasteiger partial charge in [0.1, 0.15) is 10.4 Å². The van der Waals surface area contributed by atoms with Crippen LogP contribution in [0, 0.1) is 10.8 Å². The Labute approximate surface area is 133 Å².